The Kier molecular flexibility index (Phi) is 8.23. The number of amides is 2. The number of rotatable bonds is 9. The highest BCUT2D eigenvalue weighted by Crippen LogP contribution is 2.39. The number of methoxy groups -OCH3 is 1. The summed E-state index contributed by atoms with van der Waals surface area (Å²) in [4.78, 5) is 25.8. The van der Waals surface area contributed by atoms with Gasteiger partial charge in [-0.15, -0.1) is 11.3 Å². The van der Waals surface area contributed by atoms with Crippen molar-refractivity contribution in [3.8, 4) is 11.8 Å². The maximum Gasteiger partial charge on any atom is 0.407 e. The van der Waals surface area contributed by atoms with Gasteiger partial charge in [-0.2, -0.15) is 10.4 Å². The number of ether oxygens (including phenoxy) is 2. The number of benzene rings is 1. The van der Waals surface area contributed by atoms with Crippen LogP contribution in [0.5, 0.6) is 5.75 Å². The van der Waals surface area contributed by atoms with Crippen molar-refractivity contribution in [2.45, 2.75) is 38.6 Å². The van der Waals surface area contributed by atoms with E-state index in [1.54, 1.807) is 18.0 Å². The Morgan fingerprint density at radius 2 is 2.19 bits per heavy atom. The molecule has 1 aromatic carbocycles. The summed E-state index contributed by atoms with van der Waals surface area (Å²) >= 11 is 1.45. The number of hydrogen-bond donors (Lipinski definition) is 2. The van der Waals surface area contributed by atoms with E-state index in [-0.39, 0.29) is 11.8 Å². The quantitative estimate of drug-likeness (QED) is 0.453. The highest BCUT2D eigenvalue weighted by molar-refractivity contribution is 7.16. The Labute approximate surface area is 214 Å². The van der Waals surface area contributed by atoms with E-state index in [2.05, 4.69) is 21.8 Å². The lowest BCUT2D eigenvalue weighted by Gasteiger charge is -2.21. The lowest BCUT2D eigenvalue weighted by atomic mass is 9.88. The predicted octanol–water partition coefficient (Wildman–Crippen LogP) is 3.96. The summed E-state index contributed by atoms with van der Waals surface area (Å²) in [6, 6.07) is 11.8. The molecule has 3 aromatic rings. The largest absolute Gasteiger partial charge is 0.497 e. The first-order valence-corrected chi connectivity index (χ1v) is 12.6. The number of thiophene rings is 1. The summed E-state index contributed by atoms with van der Waals surface area (Å²) in [5, 5.41) is 20.1. The Morgan fingerprint density at radius 3 is 2.94 bits per heavy atom. The van der Waals surface area contributed by atoms with Gasteiger partial charge in [0, 0.05) is 24.5 Å². The van der Waals surface area contributed by atoms with Crippen LogP contribution in [0.3, 0.4) is 0 Å². The average Bonchev–Trinajstić information content (AvgIpc) is 3.46. The van der Waals surface area contributed by atoms with Gasteiger partial charge in [0.25, 0.3) is 0 Å². The van der Waals surface area contributed by atoms with E-state index in [0.29, 0.717) is 43.0 Å². The third kappa shape index (κ3) is 6.23. The van der Waals surface area contributed by atoms with Crippen molar-refractivity contribution in [2.24, 2.45) is 13.0 Å². The molecule has 1 aliphatic carbocycles. The molecule has 1 aliphatic rings. The van der Waals surface area contributed by atoms with E-state index in [0.717, 1.165) is 40.3 Å². The zero-order valence-electron chi connectivity index (χ0n) is 20.4. The summed E-state index contributed by atoms with van der Waals surface area (Å²) in [5.74, 6) is 0.801. The lowest BCUT2D eigenvalue weighted by molar-refractivity contribution is -0.116. The van der Waals surface area contributed by atoms with Gasteiger partial charge in [-0.3, -0.25) is 9.48 Å². The fourth-order valence-corrected chi connectivity index (χ4v) is 5.59. The van der Waals surface area contributed by atoms with Crippen LogP contribution in [0.2, 0.25) is 0 Å². The van der Waals surface area contributed by atoms with E-state index in [1.807, 2.05) is 37.4 Å². The van der Waals surface area contributed by atoms with Crippen LogP contribution in [0.25, 0.3) is 0 Å². The van der Waals surface area contributed by atoms with Crippen LogP contribution < -0.4 is 15.4 Å². The fourth-order valence-electron chi connectivity index (χ4n) is 4.26. The van der Waals surface area contributed by atoms with Crippen LogP contribution in [0.4, 0.5) is 9.80 Å². The van der Waals surface area contributed by atoms with Gasteiger partial charge in [0.05, 0.1) is 31.5 Å². The maximum absolute atomic E-state index is 12.6. The van der Waals surface area contributed by atoms with Gasteiger partial charge in [0.2, 0.25) is 5.91 Å². The molecule has 0 bridgehead atoms. The van der Waals surface area contributed by atoms with Crippen molar-refractivity contribution in [3.05, 3.63) is 63.8 Å². The molecule has 0 spiro atoms. The van der Waals surface area contributed by atoms with Gasteiger partial charge in [-0.1, -0.05) is 12.1 Å². The van der Waals surface area contributed by atoms with E-state index < -0.39 is 6.09 Å². The molecular weight excluding hydrogens is 478 g/mol. The normalized spacial score (nSPS) is 14.4. The smallest absolute Gasteiger partial charge is 0.407 e. The molecular formula is C26H29N5O4S. The highest BCUT2D eigenvalue weighted by Gasteiger charge is 2.27. The van der Waals surface area contributed by atoms with E-state index in [4.69, 9.17) is 9.47 Å². The molecule has 0 aliphatic heterocycles. The van der Waals surface area contributed by atoms with Crippen molar-refractivity contribution in [2.75, 3.05) is 19.0 Å². The fraction of sp³-hybridized carbons (Fsp3) is 0.385. The number of hydrogen-bond acceptors (Lipinski definition) is 7. The molecule has 4 rings (SSSR count). The van der Waals surface area contributed by atoms with Gasteiger partial charge in [0.15, 0.2) is 0 Å². The Morgan fingerprint density at radius 1 is 1.33 bits per heavy atom. The molecule has 1 unspecified atom stereocenters. The molecule has 0 saturated heterocycles. The van der Waals surface area contributed by atoms with Crippen molar-refractivity contribution in [1.82, 2.24) is 15.1 Å². The van der Waals surface area contributed by atoms with Crippen LogP contribution in [0.1, 0.15) is 40.1 Å². The minimum absolute atomic E-state index is 0.127. The van der Waals surface area contributed by atoms with Gasteiger partial charge < -0.3 is 20.1 Å². The predicted molar refractivity (Wildman–Crippen MR) is 136 cm³/mol. The maximum atomic E-state index is 12.6. The van der Waals surface area contributed by atoms with Crippen LogP contribution in [-0.4, -0.2) is 35.5 Å². The van der Waals surface area contributed by atoms with Crippen molar-refractivity contribution in [3.63, 3.8) is 0 Å². The SMILES string of the molecule is COc1cccc(CCC(=O)Nc2sc3c(c2C#N)CCC(COC(=O)NCc2ccnn2C)C3)c1. The van der Waals surface area contributed by atoms with E-state index in [1.165, 1.54) is 11.3 Å². The lowest BCUT2D eigenvalue weighted by Crippen LogP contribution is -2.28. The topological polar surface area (TPSA) is 118 Å². The van der Waals surface area contributed by atoms with Crippen LogP contribution in [-0.2, 0) is 42.4 Å². The molecule has 10 heteroatoms. The zero-order chi connectivity index (χ0) is 25.5. The monoisotopic (exact) mass is 507 g/mol. The third-order valence-corrected chi connectivity index (χ3v) is 7.46. The molecule has 1 atom stereocenters. The number of anilines is 1. The Balaban J connectivity index is 1.29. The van der Waals surface area contributed by atoms with E-state index >= 15 is 0 Å². The van der Waals surface area contributed by atoms with Crippen molar-refractivity contribution < 1.29 is 19.1 Å². The molecule has 2 heterocycles. The van der Waals surface area contributed by atoms with Crippen molar-refractivity contribution >= 4 is 28.3 Å². The minimum Gasteiger partial charge on any atom is -0.497 e. The summed E-state index contributed by atoms with van der Waals surface area (Å²) in [6.45, 7) is 0.653. The summed E-state index contributed by atoms with van der Waals surface area (Å²) in [7, 11) is 3.43. The standard InChI is InChI=1S/C26H29N5O4S/c1-31-19(10-11-29-31)15-28-26(33)35-16-18-6-8-21-22(14-27)25(36-23(21)13-18)30-24(32)9-7-17-4-3-5-20(12-17)34-2/h3-5,10-12,18H,6-9,13,15-16H2,1-2H3,(H,28,33)(H,30,32). The van der Waals surface area contributed by atoms with Gasteiger partial charge in [-0.25, -0.2) is 4.79 Å². The molecule has 188 valence electrons. The second-order valence-corrected chi connectivity index (χ2v) is 9.83. The summed E-state index contributed by atoms with van der Waals surface area (Å²) < 4.78 is 12.4. The van der Waals surface area contributed by atoms with Gasteiger partial charge >= 0.3 is 6.09 Å². The molecule has 2 aromatic heterocycles. The second-order valence-electron chi connectivity index (χ2n) is 8.73. The van der Waals surface area contributed by atoms with Gasteiger partial charge in [0.1, 0.15) is 16.8 Å². The Bertz CT molecular complexity index is 1280. The molecule has 2 N–H and O–H groups in total. The minimum atomic E-state index is -0.463. The van der Waals surface area contributed by atoms with E-state index in [9.17, 15) is 14.9 Å². The molecule has 36 heavy (non-hydrogen) atoms. The molecule has 9 nitrogen and oxygen atoms in total. The van der Waals surface area contributed by atoms with Crippen molar-refractivity contribution in [1.29, 1.82) is 5.26 Å². The number of carbonyl (C=O) groups excluding carboxylic acids is 2. The summed E-state index contributed by atoms with van der Waals surface area (Å²) in [5.41, 5.74) is 3.46. The first kappa shape index (κ1) is 25.3. The number of nitrogens with zero attached hydrogens (tertiary/aromatic N) is 3. The molecule has 0 saturated carbocycles. The zero-order valence-corrected chi connectivity index (χ0v) is 21.2. The van der Waals surface area contributed by atoms with Crippen LogP contribution in [0, 0.1) is 17.2 Å². The number of alkyl carbamates (subject to hydrolysis) is 1. The number of aryl methyl sites for hydroxylation is 2. The third-order valence-electron chi connectivity index (χ3n) is 6.29. The van der Waals surface area contributed by atoms with Crippen LogP contribution >= 0.6 is 11.3 Å². The Hall–Kier alpha value is -3.84. The molecule has 0 radical (unpaired) electrons. The first-order chi connectivity index (χ1) is 17.5. The molecule has 0 fully saturated rings. The average molecular weight is 508 g/mol. The number of aromatic nitrogens is 2. The number of fused-ring (bicyclic) bond motifs is 1. The highest BCUT2D eigenvalue weighted by atomic mass is 32.1. The second kappa shape index (κ2) is 11.7. The molecule has 2 amide bonds. The van der Waals surface area contributed by atoms with Gasteiger partial charge in [-0.05, 0) is 60.9 Å². The first-order valence-electron chi connectivity index (χ1n) is 11.8. The summed E-state index contributed by atoms with van der Waals surface area (Å²) in [6.07, 6.45) is 4.35. The number of carbonyl (C=O) groups is 2. The van der Waals surface area contributed by atoms with Crippen LogP contribution in [0.15, 0.2) is 36.5 Å². The number of nitrogens with one attached hydrogen (secondary N) is 2. The number of nitriles is 1.